The maximum atomic E-state index is 7.15. The van der Waals surface area contributed by atoms with Gasteiger partial charge in [0, 0.05) is 92.4 Å². The molecule has 540 valence electrons. The summed E-state index contributed by atoms with van der Waals surface area (Å²) in [7, 11) is 7.33. The quantitative estimate of drug-likeness (QED) is 0.0312. The number of methoxy groups -OCH3 is 4. The zero-order valence-electron chi connectivity index (χ0n) is 61.8. The zero-order chi connectivity index (χ0) is 67.6. The molecule has 0 spiro atoms. The van der Waals surface area contributed by atoms with Gasteiger partial charge in [0.25, 0.3) is 0 Å². The number of hydrogen-bond donors (Lipinski definition) is 0. The number of fused-ring (bicyclic) bond motifs is 12. The van der Waals surface area contributed by atoms with Crippen LogP contribution in [0.3, 0.4) is 0 Å². The molecule has 0 saturated carbocycles. The summed E-state index contributed by atoms with van der Waals surface area (Å²) in [5.74, 6) is 5.80. The Morgan fingerprint density at radius 2 is 0.406 bits per heavy atom. The Hall–Kier alpha value is -4.88. The van der Waals surface area contributed by atoms with E-state index in [1.807, 2.05) is 28.4 Å². The van der Waals surface area contributed by atoms with E-state index in [1.165, 1.54) is 154 Å². The van der Waals surface area contributed by atoms with Gasteiger partial charge in [-0.05, 0) is 49.9 Å². The molecule has 1 aliphatic carbocycles. The predicted octanol–water partition coefficient (Wildman–Crippen LogP) is 22.3. The van der Waals surface area contributed by atoms with Crippen molar-refractivity contribution in [2.75, 3.05) is 108 Å². The Labute approximate surface area is 583 Å². The molecular formula is C84H132O12. The molecule has 0 aromatic heterocycles. The molecule has 4 unspecified atom stereocenters. The lowest BCUT2D eigenvalue weighted by atomic mass is 9.76. The highest BCUT2D eigenvalue weighted by molar-refractivity contribution is 5.63. The van der Waals surface area contributed by atoms with Gasteiger partial charge in [-0.2, -0.15) is 0 Å². The van der Waals surface area contributed by atoms with Crippen LogP contribution in [0.15, 0.2) is 48.5 Å². The highest BCUT2D eigenvalue weighted by Crippen LogP contribution is 2.54. The fraction of sp³-hybridized carbons (Fsp3) is 0.714. The van der Waals surface area contributed by atoms with Crippen LogP contribution in [0, 0.1) is 0 Å². The van der Waals surface area contributed by atoms with Crippen molar-refractivity contribution in [1.29, 1.82) is 0 Å². The second-order valence-electron chi connectivity index (χ2n) is 27.6. The van der Waals surface area contributed by atoms with Gasteiger partial charge >= 0.3 is 0 Å². The van der Waals surface area contributed by atoms with Gasteiger partial charge in [-0.1, -0.05) is 233 Å². The third-order valence-corrected chi connectivity index (χ3v) is 20.5. The van der Waals surface area contributed by atoms with Gasteiger partial charge in [-0.25, -0.2) is 0 Å². The summed E-state index contributed by atoms with van der Waals surface area (Å²) >= 11 is 0. The predicted molar refractivity (Wildman–Crippen MR) is 394 cm³/mol. The molecule has 4 aromatic carbocycles. The highest BCUT2D eigenvalue weighted by Gasteiger charge is 2.35. The number of hydrogen-bond acceptors (Lipinski definition) is 12. The van der Waals surface area contributed by atoms with Crippen molar-refractivity contribution in [3.05, 3.63) is 93.0 Å². The van der Waals surface area contributed by atoms with E-state index >= 15 is 0 Å². The second-order valence-corrected chi connectivity index (χ2v) is 27.6. The lowest BCUT2D eigenvalue weighted by Gasteiger charge is -2.32. The van der Waals surface area contributed by atoms with Gasteiger partial charge in [0.1, 0.15) is 72.4 Å². The van der Waals surface area contributed by atoms with Gasteiger partial charge in [0.05, 0.1) is 81.3 Å². The van der Waals surface area contributed by atoms with E-state index in [1.54, 1.807) is 0 Å². The molecule has 10 bridgehead atoms. The van der Waals surface area contributed by atoms with Crippen LogP contribution in [0.5, 0.6) is 46.0 Å². The zero-order valence-corrected chi connectivity index (χ0v) is 61.8. The third kappa shape index (κ3) is 25.4. The van der Waals surface area contributed by atoms with Crippen LogP contribution in [0.2, 0.25) is 0 Å². The first-order valence-electron chi connectivity index (χ1n) is 39.1. The van der Waals surface area contributed by atoms with Crippen molar-refractivity contribution in [1.82, 2.24) is 0 Å². The molecule has 4 aromatic rings. The molecule has 96 heavy (non-hydrogen) atoms. The average molecular weight is 1330 g/mol. The van der Waals surface area contributed by atoms with Crippen LogP contribution < -0.4 is 37.9 Å². The minimum Gasteiger partial charge on any atom is -0.496 e. The van der Waals surface area contributed by atoms with Gasteiger partial charge in [-0.15, -0.1) is 0 Å². The fourth-order valence-corrected chi connectivity index (χ4v) is 15.1. The summed E-state index contributed by atoms with van der Waals surface area (Å²) in [5.41, 5.74) is 8.99. The van der Waals surface area contributed by atoms with Crippen molar-refractivity contribution in [3.63, 3.8) is 0 Å². The molecule has 12 nitrogen and oxygen atoms in total. The lowest BCUT2D eigenvalue weighted by molar-refractivity contribution is 0.0271. The van der Waals surface area contributed by atoms with E-state index in [0.717, 1.165) is 168 Å². The van der Waals surface area contributed by atoms with Crippen LogP contribution in [-0.2, 0) is 18.9 Å². The van der Waals surface area contributed by atoms with Crippen LogP contribution in [-0.4, -0.2) is 108 Å². The topological polar surface area (TPSA) is 111 Å². The smallest absolute Gasteiger partial charge is 0.126 e. The molecular weight excluding hydrogens is 1200 g/mol. The van der Waals surface area contributed by atoms with E-state index < -0.39 is 0 Å². The molecule has 4 atom stereocenters. The molecule has 0 radical (unpaired) electrons. The van der Waals surface area contributed by atoms with Crippen LogP contribution in [0.4, 0.5) is 0 Å². The largest absolute Gasteiger partial charge is 0.496 e. The fourth-order valence-electron chi connectivity index (χ4n) is 15.1. The Bertz CT molecular complexity index is 2530. The van der Waals surface area contributed by atoms with Crippen LogP contribution in [0.25, 0.3) is 0 Å². The SMILES string of the molecule is CCCCCCCCCCC1c2cc3c(cc2OC)OCCOCCOCCOc2cc(OC)c(cc21)C(CCCCCCCCCC)c1cc2c(OC)cc1OCCOCCOCCOc1cc(OC)c(cc1C2CCCCCCCCCC)C3CCCCCCCCCC. The Kier molecular flexibility index (Phi) is 38.6. The van der Waals surface area contributed by atoms with Gasteiger partial charge < -0.3 is 56.8 Å². The van der Waals surface area contributed by atoms with Crippen molar-refractivity contribution in [2.45, 2.75) is 283 Å². The number of ether oxygens (including phenoxy) is 12. The molecule has 0 saturated heterocycles. The molecule has 0 N–H and O–H groups in total. The minimum atomic E-state index is -0.152. The van der Waals surface area contributed by atoms with Gasteiger partial charge in [-0.3, -0.25) is 0 Å². The lowest BCUT2D eigenvalue weighted by Crippen LogP contribution is -2.17. The summed E-state index contributed by atoms with van der Waals surface area (Å²) in [6.07, 6.45) is 42.4. The van der Waals surface area contributed by atoms with Crippen LogP contribution in [0.1, 0.15) is 327 Å². The van der Waals surface area contributed by atoms with Gasteiger partial charge in [0.2, 0.25) is 0 Å². The molecule has 0 fully saturated rings. The Morgan fingerprint density at radius 3 is 0.594 bits per heavy atom. The van der Waals surface area contributed by atoms with E-state index in [-0.39, 0.29) is 23.7 Å². The Morgan fingerprint density at radius 1 is 0.229 bits per heavy atom. The summed E-state index contributed by atoms with van der Waals surface area (Å²) in [5, 5.41) is 0. The normalized spacial score (nSPS) is 17.9. The van der Waals surface area contributed by atoms with Crippen molar-refractivity contribution < 1.29 is 56.8 Å². The molecule has 3 aliphatic heterocycles. The third-order valence-electron chi connectivity index (χ3n) is 20.5. The summed E-state index contributed by atoms with van der Waals surface area (Å²) in [6, 6.07) is 18.8. The number of unbranched alkanes of at least 4 members (excludes halogenated alkanes) is 28. The molecule has 4 aliphatic rings. The van der Waals surface area contributed by atoms with Crippen molar-refractivity contribution in [3.8, 4) is 46.0 Å². The average Bonchev–Trinajstić information content (AvgIpc) is 0.764. The minimum absolute atomic E-state index is 0.145. The van der Waals surface area contributed by atoms with E-state index in [9.17, 15) is 0 Å². The first kappa shape index (κ1) is 78.5. The first-order valence-corrected chi connectivity index (χ1v) is 39.1. The molecule has 12 heteroatoms. The summed E-state index contributed by atoms with van der Waals surface area (Å²) in [4.78, 5) is 0. The van der Waals surface area contributed by atoms with E-state index in [4.69, 9.17) is 56.8 Å². The molecule has 8 rings (SSSR count). The summed E-state index contributed by atoms with van der Waals surface area (Å²) in [6.45, 7) is 14.1. The van der Waals surface area contributed by atoms with Crippen molar-refractivity contribution >= 4 is 0 Å². The number of benzene rings is 4. The monoisotopic (exact) mass is 1330 g/mol. The molecule has 0 amide bonds. The Balaban J connectivity index is 1.60. The number of rotatable bonds is 40. The van der Waals surface area contributed by atoms with Crippen LogP contribution >= 0.6 is 0 Å². The summed E-state index contributed by atoms with van der Waals surface area (Å²) < 4.78 is 80.6. The maximum absolute atomic E-state index is 7.15. The van der Waals surface area contributed by atoms with Gasteiger partial charge in [0.15, 0.2) is 0 Å². The highest BCUT2D eigenvalue weighted by atomic mass is 16.6. The van der Waals surface area contributed by atoms with E-state index in [2.05, 4.69) is 76.2 Å². The first-order chi connectivity index (χ1) is 47.4. The second kappa shape index (κ2) is 47.2. The van der Waals surface area contributed by atoms with E-state index in [0.29, 0.717) is 79.3 Å². The standard InChI is InChI=1S/C84H132O12/c1-9-13-17-21-25-29-33-37-41-65-69-57-75-68(44-40-36-32-28-24-20-16-12-4)72-60-74-66(42-38-34-30-26-22-18-14-10-2)70-58-76(84(62-78(70)86-6)96-56-52-92-48-46-90-50-54-94-82(74)64-80(72)88-8)67(43-39-35-31-27-23-19-15-11-3)71-59-73(65)81(63-79(71)87-7)93-53-49-89-45-47-91-51-55-95-83(75)61-77(69)85-5/h57-68H,9-56H2,1-8H3. The van der Waals surface area contributed by atoms with Crippen molar-refractivity contribution in [2.24, 2.45) is 0 Å². The maximum Gasteiger partial charge on any atom is 0.126 e. The molecule has 3 heterocycles.